The van der Waals surface area contributed by atoms with Gasteiger partial charge in [0.25, 0.3) is 0 Å². The van der Waals surface area contributed by atoms with Crippen molar-refractivity contribution in [2.24, 2.45) is 21.7 Å². The van der Waals surface area contributed by atoms with Crippen molar-refractivity contribution < 1.29 is 0 Å². The summed E-state index contributed by atoms with van der Waals surface area (Å²) in [6.45, 7) is 14.9. The van der Waals surface area contributed by atoms with Gasteiger partial charge in [0.2, 0.25) is 0 Å². The zero-order chi connectivity index (χ0) is 13.7. The van der Waals surface area contributed by atoms with Crippen molar-refractivity contribution >= 4 is 0 Å². The van der Waals surface area contributed by atoms with Gasteiger partial charge < -0.3 is 0 Å². The van der Waals surface area contributed by atoms with Gasteiger partial charge in [-0.05, 0) is 60.2 Å². The van der Waals surface area contributed by atoms with Crippen molar-refractivity contribution in [2.75, 3.05) is 0 Å². The molecule has 2 rings (SSSR count). The second-order valence-corrected chi connectivity index (χ2v) is 8.92. The Morgan fingerprint density at radius 2 is 1.44 bits per heavy atom. The number of fused-ring (bicyclic) bond motifs is 1. The third kappa shape index (κ3) is 2.14. The Morgan fingerprint density at radius 1 is 0.944 bits per heavy atom. The Balaban J connectivity index is 2.14. The fraction of sp³-hybridized carbons (Fsp3) is 1.00. The molecule has 2 fully saturated rings. The zero-order valence-corrected chi connectivity index (χ0v) is 13.7. The van der Waals surface area contributed by atoms with Gasteiger partial charge in [0, 0.05) is 0 Å². The van der Waals surface area contributed by atoms with E-state index >= 15 is 0 Å². The van der Waals surface area contributed by atoms with E-state index in [4.69, 9.17) is 0 Å². The molecule has 2 aliphatic carbocycles. The molecule has 0 N–H and O–H groups in total. The van der Waals surface area contributed by atoms with E-state index in [-0.39, 0.29) is 0 Å². The lowest BCUT2D eigenvalue weighted by Gasteiger charge is -2.52. The average Bonchev–Trinajstić information content (AvgIpc) is 2.39. The third-order valence-corrected chi connectivity index (χ3v) is 6.75. The molecule has 0 bridgehead atoms. The molecule has 0 amide bonds. The minimum atomic E-state index is 0.543. The summed E-state index contributed by atoms with van der Waals surface area (Å²) in [6.07, 6.45) is 11.5. The van der Waals surface area contributed by atoms with Crippen molar-refractivity contribution in [2.45, 2.75) is 92.9 Å². The molecular weight excluding hydrogens is 216 g/mol. The molecule has 2 aliphatic rings. The molecule has 0 nitrogen and oxygen atoms in total. The maximum Gasteiger partial charge on any atom is -0.0266 e. The van der Waals surface area contributed by atoms with Crippen molar-refractivity contribution in [1.29, 1.82) is 0 Å². The van der Waals surface area contributed by atoms with Gasteiger partial charge in [-0.25, -0.2) is 0 Å². The highest BCUT2D eigenvalue weighted by Crippen LogP contribution is 2.73. The Bertz CT molecular complexity index is 296. The van der Waals surface area contributed by atoms with Gasteiger partial charge in [0.05, 0.1) is 0 Å². The van der Waals surface area contributed by atoms with Crippen LogP contribution >= 0.6 is 0 Å². The van der Waals surface area contributed by atoms with Crippen molar-refractivity contribution in [3.05, 3.63) is 0 Å². The number of hydrogen-bond acceptors (Lipinski definition) is 0. The van der Waals surface area contributed by atoms with Crippen LogP contribution in [0.2, 0.25) is 0 Å². The van der Waals surface area contributed by atoms with Crippen molar-refractivity contribution in [1.82, 2.24) is 0 Å². The molecule has 0 radical (unpaired) electrons. The standard InChI is InChI=1S/C18H34/c1-7-9-15(3,4)12-18(8-2)13-16(5)10-11-17(16,6)14-18/h7-14H2,1-6H3. The maximum absolute atomic E-state index is 2.57. The van der Waals surface area contributed by atoms with E-state index in [2.05, 4.69) is 41.5 Å². The predicted octanol–water partition coefficient (Wildman–Crippen LogP) is 6.20. The van der Waals surface area contributed by atoms with Crippen LogP contribution in [0.1, 0.15) is 92.9 Å². The summed E-state index contributed by atoms with van der Waals surface area (Å²) >= 11 is 0. The van der Waals surface area contributed by atoms with Crippen LogP contribution in [-0.2, 0) is 0 Å². The van der Waals surface area contributed by atoms with Crippen molar-refractivity contribution in [3.8, 4) is 0 Å². The van der Waals surface area contributed by atoms with Gasteiger partial charge in [0.1, 0.15) is 0 Å². The average molecular weight is 250 g/mol. The van der Waals surface area contributed by atoms with Gasteiger partial charge in [0.15, 0.2) is 0 Å². The highest BCUT2D eigenvalue weighted by Gasteiger charge is 2.63. The summed E-state index contributed by atoms with van der Waals surface area (Å²) in [4.78, 5) is 0. The molecule has 106 valence electrons. The first-order chi connectivity index (χ1) is 8.20. The third-order valence-electron chi connectivity index (χ3n) is 6.75. The normalized spacial score (nSPS) is 43.7. The molecule has 0 heterocycles. The van der Waals surface area contributed by atoms with Crippen LogP contribution < -0.4 is 0 Å². The van der Waals surface area contributed by atoms with Crippen molar-refractivity contribution in [3.63, 3.8) is 0 Å². The van der Waals surface area contributed by atoms with Gasteiger partial charge in [-0.2, -0.15) is 0 Å². The van der Waals surface area contributed by atoms with Crippen LogP contribution in [0.3, 0.4) is 0 Å². The number of hydrogen-bond donors (Lipinski definition) is 0. The van der Waals surface area contributed by atoms with E-state index in [0.717, 1.165) is 0 Å². The van der Waals surface area contributed by atoms with Gasteiger partial charge in [-0.3, -0.25) is 0 Å². The first kappa shape index (κ1) is 14.4. The fourth-order valence-corrected chi connectivity index (χ4v) is 5.58. The molecule has 2 atom stereocenters. The topological polar surface area (TPSA) is 0 Å². The fourth-order valence-electron chi connectivity index (χ4n) is 5.58. The lowest BCUT2D eigenvalue weighted by Crippen LogP contribution is -2.42. The first-order valence-electron chi connectivity index (χ1n) is 8.20. The molecular formula is C18H34. The van der Waals surface area contributed by atoms with Crippen LogP contribution in [0, 0.1) is 21.7 Å². The van der Waals surface area contributed by atoms with E-state index < -0.39 is 0 Å². The minimum Gasteiger partial charge on any atom is -0.0654 e. The minimum absolute atomic E-state index is 0.543. The van der Waals surface area contributed by atoms with Crippen LogP contribution in [0.4, 0.5) is 0 Å². The van der Waals surface area contributed by atoms with Crippen LogP contribution in [0.5, 0.6) is 0 Å². The quantitative estimate of drug-likeness (QED) is 0.545. The SMILES string of the molecule is CCCC(C)(C)CC1(CC)CC2(C)CCC2(C)C1. The largest absolute Gasteiger partial charge is 0.0654 e. The monoisotopic (exact) mass is 250 g/mol. The second-order valence-electron chi connectivity index (χ2n) is 8.92. The van der Waals surface area contributed by atoms with E-state index in [0.29, 0.717) is 21.7 Å². The summed E-state index contributed by atoms with van der Waals surface area (Å²) < 4.78 is 0. The summed E-state index contributed by atoms with van der Waals surface area (Å²) in [5, 5.41) is 0. The Labute approximate surface area is 115 Å². The Morgan fingerprint density at radius 3 is 1.78 bits per heavy atom. The molecule has 2 unspecified atom stereocenters. The molecule has 0 aromatic carbocycles. The second kappa shape index (κ2) is 4.25. The van der Waals surface area contributed by atoms with E-state index in [9.17, 15) is 0 Å². The molecule has 0 aromatic rings. The predicted molar refractivity (Wildman–Crippen MR) is 80.7 cm³/mol. The highest BCUT2D eigenvalue weighted by atomic mass is 14.7. The van der Waals surface area contributed by atoms with Gasteiger partial charge in [-0.15, -0.1) is 0 Å². The van der Waals surface area contributed by atoms with Gasteiger partial charge >= 0.3 is 0 Å². The summed E-state index contributed by atoms with van der Waals surface area (Å²) in [5.41, 5.74) is 2.54. The molecule has 0 aliphatic heterocycles. The van der Waals surface area contributed by atoms with Gasteiger partial charge in [-0.1, -0.05) is 54.4 Å². The van der Waals surface area contributed by atoms with Crippen LogP contribution in [-0.4, -0.2) is 0 Å². The summed E-state index contributed by atoms with van der Waals surface area (Å²) in [7, 11) is 0. The maximum atomic E-state index is 2.57. The Hall–Kier alpha value is 0. The van der Waals surface area contributed by atoms with Crippen LogP contribution in [0.15, 0.2) is 0 Å². The molecule has 0 spiro atoms. The van der Waals surface area contributed by atoms with E-state index in [1.54, 1.807) is 0 Å². The molecule has 0 saturated heterocycles. The van der Waals surface area contributed by atoms with E-state index in [1.165, 1.54) is 51.4 Å². The molecule has 0 heteroatoms. The summed E-state index contributed by atoms with van der Waals surface area (Å²) in [6, 6.07) is 0. The smallest absolute Gasteiger partial charge is 0.0266 e. The zero-order valence-electron chi connectivity index (χ0n) is 13.7. The Kier molecular flexibility index (Phi) is 3.40. The summed E-state index contributed by atoms with van der Waals surface area (Å²) in [5.74, 6) is 0. The molecule has 0 aromatic heterocycles. The lowest BCUT2D eigenvalue weighted by atomic mass is 9.53. The van der Waals surface area contributed by atoms with E-state index in [1.807, 2.05) is 0 Å². The molecule has 2 saturated carbocycles. The number of rotatable bonds is 5. The lowest BCUT2D eigenvalue weighted by molar-refractivity contribution is -0.0164. The molecule has 18 heavy (non-hydrogen) atoms. The highest BCUT2D eigenvalue weighted by molar-refractivity contribution is 5.13. The first-order valence-corrected chi connectivity index (χ1v) is 8.20. The van der Waals surface area contributed by atoms with Crippen LogP contribution in [0.25, 0.3) is 0 Å².